The first-order valence-corrected chi connectivity index (χ1v) is 14.7. The lowest BCUT2D eigenvalue weighted by Gasteiger charge is -2.40. The lowest BCUT2D eigenvalue weighted by Crippen LogP contribution is -2.38. The number of piperidine rings is 1. The number of ether oxygens (including phenoxy) is 2. The summed E-state index contributed by atoms with van der Waals surface area (Å²) in [6.45, 7) is 16.1. The summed E-state index contributed by atoms with van der Waals surface area (Å²) in [5.74, 6) is 0.403. The summed E-state index contributed by atoms with van der Waals surface area (Å²) in [6, 6.07) is 9.27. The van der Waals surface area contributed by atoms with E-state index in [4.69, 9.17) is 26.2 Å². The third-order valence-electron chi connectivity index (χ3n) is 6.90. The molecule has 0 spiro atoms. The topological polar surface area (TPSA) is 105 Å². The number of benzene rings is 1. The Morgan fingerprint density at radius 2 is 1.67 bits per heavy atom. The Labute approximate surface area is 254 Å². The van der Waals surface area contributed by atoms with Gasteiger partial charge < -0.3 is 24.6 Å². The first kappa shape index (κ1) is 33.1. The molecule has 0 radical (unpaired) electrons. The quantitative estimate of drug-likeness (QED) is 0.257. The molecule has 3 aromatic rings. The van der Waals surface area contributed by atoms with Crippen LogP contribution in [0.5, 0.6) is 11.6 Å². The van der Waals surface area contributed by atoms with Gasteiger partial charge in [-0.05, 0) is 82.7 Å². The SMILES string of the molecule is CC(C)(C)O.Cc1cc(Cl)ccc1OCCOc1ccc(-c2cnc(C)c(CC(=O)O)c2N2CCC(C)(C)CC2)cn1. The zero-order chi connectivity index (χ0) is 31.1. The average molecular weight is 598 g/mol. The normalized spacial score (nSPS) is 14.5. The molecule has 0 saturated carbocycles. The molecule has 0 amide bonds. The molecular formula is C33H44ClN3O5. The van der Waals surface area contributed by atoms with E-state index in [2.05, 4.69) is 28.7 Å². The first-order chi connectivity index (χ1) is 19.6. The fourth-order valence-electron chi connectivity index (χ4n) is 4.60. The van der Waals surface area contributed by atoms with Crippen molar-refractivity contribution in [2.75, 3.05) is 31.2 Å². The first-order valence-electron chi connectivity index (χ1n) is 14.3. The van der Waals surface area contributed by atoms with E-state index in [-0.39, 0.29) is 11.8 Å². The minimum absolute atomic E-state index is 0.0659. The maximum absolute atomic E-state index is 11.7. The van der Waals surface area contributed by atoms with E-state index in [0.717, 1.165) is 65.3 Å². The van der Waals surface area contributed by atoms with Gasteiger partial charge >= 0.3 is 5.97 Å². The van der Waals surface area contributed by atoms with Gasteiger partial charge in [-0.1, -0.05) is 25.4 Å². The van der Waals surface area contributed by atoms with Crippen LogP contribution >= 0.6 is 11.6 Å². The van der Waals surface area contributed by atoms with E-state index >= 15 is 0 Å². The number of carboxylic acid groups (broad SMARTS) is 1. The van der Waals surface area contributed by atoms with Crippen LogP contribution in [0.1, 0.15) is 64.3 Å². The largest absolute Gasteiger partial charge is 0.490 e. The van der Waals surface area contributed by atoms with Crippen LogP contribution in [0.15, 0.2) is 42.7 Å². The zero-order valence-corrected chi connectivity index (χ0v) is 26.6. The molecule has 1 fully saturated rings. The standard InChI is InChI=1S/C29H34ClN3O4.C4H10O/c1-19-15-22(30)6-7-25(19)36-13-14-37-26-8-5-21(17-32-26)24-18-31-20(2)23(16-27(34)35)28(24)33-11-9-29(3,4)10-12-33;1-4(2,3)5/h5-8,15,17-18H,9-14,16H2,1-4H3,(H,34,35);5H,1-3H3. The minimum atomic E-state index is -0.862. The number of aromatic nitrogens is 2. The predicted octanol–water partition coefficient (Wildman–Crippen LogP) is 6.90. The van der Waals surface area contributed by atoms with Gasteiger partial charge in [-0.15, -0.1) is 0 Å². The van der Waals surface area contributed by atoms with E-state index in [1.807, 2.05) is 44.3 Å². The molecule has 0 bridgehead atoms. The molecular weight excluding hydrogens is 554 g/mol. The van der Waals surface area contributed by atoms with Crippen LogP contribution in [0.4, 0.5) is 5.69 Å². The van der Waals surface area contributed by atoms with Crippen LogP contribution in [0.25, 0.3) is 11.1 Å². The highest BCUT2D eigenvalue weighted by molar-refractivity contribution is 6.30. The number of aliphatic hydroxyl groups is 1. The number of aryl methyl sites for hydroxylation is 2. The number of pyridine rings is 2. The van der Waals surface area contributed by atoms with Gasteiger partial charge in [-0.2, -0.15) is 0 Å². The highest BCUT2D eigenvalue weighted by Gasteiger charge is 2.29. The van der Waals surface area contributed by atoms with Crippen molar-refractivity contribution in [2.24, 2.45) is 5.41 Å². The van der Waals surface area contributed by atoms with E-state index in [1.54, 1.807) is 33.0 Å². The third kappa shape index (κ3) is 10.2. The molecule has 9 heteroatoms. The number of rotatable bonds is 9. The van der Waals surface area contributed by atoms with Crippen molar-refractivity contribution in [2.45, 2.75) is 73.3 Å². The number of carboxylic acids is 1. The molecule has 4 rings (SSSR count). The average Bonchev–Trinajstić information content (AvgIpc) is 2.88. The van der Waals surface area contributed by atoms with Crippen LogP contribution in [-0.2, 0) is 11.2 Å². The van der Waals surface area contributed by atoms with Crippen molar-refractivity contribution in [1.29, 1.82) is 0 Å². The molecule has 1 aromatic carbocycles. The summed E-state index contributed by atoms with van der Waals surface area (Å²) in [7, 11) is 0. The molecule has 3 heterocycles. The Hall–Kier alpha value is -3.36. The predicted molar refractivity (Wildman–Crippen MR) is 168 cm³/mol. The van der Waals surface area contributed by atoms with Gasteiger partial charge in [0.15, 0.2) is 0 Å². The van der Waals surface area contributed by atoms with Crippen molar-refractivity contribution in [3.8, 4) is 22.8 Å². The molecule has 8 nitrogen and oxygen atoms in total. The Bertz CT molecular complexity index is 1340. The van der Waals surface area contributed by atoms with Crippen LogP contribution in [0.3, 0.4) is 0 Å². The van der Waals surface area contributed by atoms with E-state index in [9.17, 15) is 9.90 Å². The highest BCUT2D eigenvalue weighted by Crippen LogP contribution is 2.40. The maximum Gasteiger partial charge on any atom is 0.307 e. The van der Waals surface area contributed by atoms with Gasteiger partial charge in [-0.25, -0.2) is 4.98 Å². The molecule has 0 atom stereocenters. The van der Waals surface area contributed by atoms with E-state index in [1.165, 1.54) is 0 Å². The number of hydrogen-bond donors (Lipinski definition) is 2. The number of aliphatic carboxylic acids is 1. The van der Waals surface area contributed by atoms with Gasteiger partial charge in [0.2, 0.25) is 5.88 Å². The summed E-state index contributed by atoms with van der Waals surface area (Å²) < 4.78 is 11.6. The molecule has 0 aliphatic carbocycles. The monoisotopic (exact) mass is 597 g/mol. The minimum Gasteiger partial charge on any atom is -0.490 e. The zero-order valence-electron chi connectivity index (χ0n) is 25.8. The molecule has 0 unspecified atom stereocenters. The second kappa shape index (κ2) is 14.2. The molecule has 2 N–H and O–H groups in total. The van der Waals surface area contributed by atoms with Crippen LogP contribution in [0, 0.1) is 19.3 Å². The van der Waals surface area contributed by atoms with Crippen LogP contribution < -0.4 is 14.4 Å². The number of hydrogen-bond acceptors (Lipinski definition) is 7. The van der Waals surface area contributed by atoms with E-state index < -0.39 is 11.6 Å². The Morgan fingerprint density at radius 3 is 2.24 bits per heavy atom. The van der Waals surface area contributed by atoms with Gasteiger partial charge in [0.05, 0.1) is 17.7 Å². The van der Waals surface area contributed by atoms with Crippen LogP contribution in [-0.4, -0.2) is 58.1 Å². The second-order valence-corrected chi connectivity index (χ2v) is 12.9. The number of anilines is 1. The second-order valence-electron chi connectivity index (χ2n) is 12.5. The van der Waals surface area contributed by atoms with Crippen molar-refractivity contribution in [3.05, 3.63) is 64.6 Å². The number of carbonyl (C=O) groups is 1. The van der Waals surface area contributed by atoms with Gasteiger partial charge in [0.25, 0.3) is 0 Å². The van der Waals surface area contributed by atoms with Crippen molar-refractivity contribution >= 4 is 23.3 Å². The van der Waals surface area contributed by atoms with Crippen molar-refractivity contribution in [1.82, 2.24) is 9.97 Å². The lowest BCUT2D eigenvalue weighted by molar-refractivity contribution is -0.136. The van der Waals surface area contributed by atoms with Gasteiger partial charge in [-0.3, -0.25) is 9.78 Å². The Morgan fingerprint density at radius 1 is 1.02 bits per heavy atom. The number of nitrogens with zero attached hydrogens (tertiary/aromatic N) is 3. The smallest absolute Gasteiger partial charge is 0.307 e. The molecule has 1 aliphatic heterocycles. The number of halogens is 1. The van der Waals surface area contributed by atoms with Crippen LogP contribution in [0.2, 0.25) is 5.02 Å². The van der Waals surface area contributed by atoms with E-state index in [0.29, 0.717) is 24.1 Å². The lowest BCUT2D eigenvalue weighted by atomic mass is 9.82. The summed E-state index contributed by atoms with van der Waals surface area (Å²) >= 11 is 6.00. The van der Waals surface area contributed by atoms with Gasteiger partial charge in [0.1, 0.15) is 19.0 Å². The Kier molecular flexibility index (Phi) is 11.2. The molecule has 1 saturated heterocycles. The Balaban J connectivity index is 0.000000892. The summed E-state index contributed by atoms with van der Waals surface area (Å²) in [4.78, 5) is 23.1. The van der Waals surface area contributed by atoms with Crippen molar-refractivity contribution in [3.63, 3.8) is 0 Å². The maximum atomic E-state index is 11.7. The third-order valence-corrected chi connectivity index (χ3v) is 7.14. The van der Waals surface area contributed by atoms with Gasteiger partial charge in [0, 0.05) is 59.0 Å². The molecule has 42 heavy (non-hydrogen) atoms. The summed E-state index contributed by atoms with van der Waals surface area (Å²) in [5, 5.41) is 18.8. The van der Waals surface area contributed by atoms with Crippen molar-refractivity contribution < 1.29 is 24.5 Å². The summed E-state index contributed by atoms with van der Waals surface area (Å²) in [5.41, 5.74) is 4.98. The fourth-order valence-corrected chi connectivity index (χ4v) is 4.83. The molecule has 2 aromatic heterocycles. The molecule has 1 aliphatic rings. The summed E-state index contributed by atoms with van der Waals surface area (Å²) in [6.07, 6.45) is 5.61. The molecule has 228 valence electrons. The fraction of sp³-hybridized carbons (Fsp3) is 0.485. The highest BCUT2D eigenvalue weighted by atomic mass is 35.5.